The molecule has 0 spiro atoms. The van der Waals surface area contributed by atoms with E-state index in [0.717, 1.165) is 19.0 Å². The van der Waals surface area contributed by atoms with E-state index in [9.17, 15) is 24.3 Å². The maximum Gasteiger partial charge on any atom is 0.407 e. The molecule has 3 heterocycles. The number of amides is 4. The van der Waals surface area contributed by atoms with E-state index in [1.54, 1.807) is 11.0 Å². The van der Waals surface area contributed by atoms with Crippen molar-refractivity contribution in [2.24, 2.45) is 17.3 Å². The van der Waals surface area contributed by atoms with Crippen molar-refractivity contribution in [3.63, 3.8) is 0 Å². The Bertz CT molecular complexity index is 966. The van der Waals surface area contributed by atoms with Crippen LogP contribution in [0.15, 0.2) is 18.3 Å². The highest BCUT2D eigenvalue weighted by molar-refractivity contribution is 5.93. The number of hydrogen-bond acceptors (Lipinski definition) is 8. The first kappa shape index (κ1) is 31.2. The van der Waals surface area contributed by atoms with Crippen LogP contribution in [-0.2, 0) is 19.1 Å². The first-order valence-electron chi connectivity index (χ1n) is 12.0. The summed E-state index contributed by atoms with van der Waals surface area (Å²) in [5, 5.41) is 23.2. The summed E-state index contributed by atoms with van der Waals surface area (Å²) in [6.45, 7) is 12.4. The van der Waals surface area contributed by atoms with Crippen LogP contribution in [0.1, 0.15) is 41.0 Å². The summed E-state index contributed by atoms with van der Waals surface area (Å²) in [6.07, 6.45) is 1.73. The molecule has 3 rings (SSSR count). The number of ether oxygens (including phenoxy) is 1. The molecule has 4 amide bonds. The van der Waals surface area contributed by atoms with Gasteiger partial charge in [0.1, 0.15) is 12.6 Å². The highest BCUT2D eigenvalue weighted by Crippen LogP contribution is 2.28. The van der Waals surface area contributed by atoms with Gasteiger partial charge in [0.2, 0.25) is 18.2 Å². The predicted molar refractivity (Wildman–Crippen MR) is 136 cm³/mol. The number of alkyl carbamates (subject to hydrolysis) is 1. The molecule has 2 fully saturated rings. The van der Waals surface area contributed by atoms with Crippen molar-refractivity contribution >= 4 is 30.1 Å². The summed E-state index contributed by atoms with van der Waals surface area (Å²) < 4.78 is 4.35. The lowest BCUT2D eigenvalue weighted by Crippen LogP contribution is -2.57. The van der Waals surface area contributed by atoms with Crippen molar-refractivity contribution in [1.82, 2.24) is 20.1 Å². The second-order valence-electron chi connectivity index (χ2n) is 10.2. The van der Waals surface area contributed by atoms with Gasteiger partial charge < -0.3 is 30.3 Å². The molecule has 3 N–H and O–H groups in total. The Balaban J connectivity index is 0.000000335. The summed E-state index contributed by atoms with van der Waals surface area (Å²) in [5.41, 5.74) is 0.223. The van der Waals surface area contributed by atoms with Gasteiger partial charge in [0.15, 0.2) is 11.6 Å². The van der Waals surface area contributed by atoms with E-state index in [-0.39, 0.29) is 48.3 Å². The van der Waals surface area contributed by atoms with Crippen molar-refractivity contribution in [2.75, 3.05) is 38.6 Å². The Morgan fingerprint density at radius 1 is 1.32 bits per heavy atom. The number of rotatable bonds is 5. The van der Waals surface area contributed by atoms with Gasteiger partial charge in [-0.15, -0.1) is 0 Å². The zero-order valence-corrected chi connectivity index (χ0v) is 22.4. The molecule has 12 nitrogen and oxygen atoms in total. The Hall–Kier alpha value is -3.88. The second-order valence-corrected chi connectivity index (χ2v) is 10.2. The van der Waals surface area contributed by atoms with E-state index in [1.807, 2.05) is 6.07 Å². The first-order chi connectivity index (χ1) is 17.3. The topological polar surface area (TPSA) is 165 Å². The fourth-order valence-corrected chi connectivity index (χ4v) is 3.50. The van der Waals surface area contributed by atoms with E-state index < -0.39 is 18.1 Å². The number of anilines is 1. The van der Waals surface area contributed by atoms with Gasteiger partial charge in [-0.05, 0) is 29.9 Å². The van der Waals surface area contributed by atoms with Crippen molar-refractivity contribution < 1.29 is 29.0 Å². The van der Waals surface area contributed by atoms with Crippen molar-refractivity contribution in [3.8, 4) is 11.8 Å². The summed E-state index contributed by atoms with van der Waals surface area (Å²) in [4.78, 5) is 51.6. The SMILES string of the molecule is CC(C)C.COC(=O)NCC(=O)N1CC(C)(C)C1.N#CC1CC(C(=O)Nc2ncccc2O)CN1C=O. The zero-order valence-electron chi connectivity index (χ0n) is 22.4. The standard InChI is InChI=1S/C12H12N4O3.C9H16N2O3.C4H10/c13-5-9-4-8(6-16(9)7-17)12(19)15-11-10(18)2-1-3-14-11;1-9(2)5-11(6-9)7(12)4-10-8(13)14-3;1-4(2)3/h1-3,7-9,18H,4,6H2,(H,14,15,19);4-6H2,1-3H3,(H,10,13);4H,1-3H3. The van der Waals surface area contributed by atoms with Crippen LogP contribution in [0.2, 0.25) is 0 Å². The van der Waals surface area contributed by atoms with Crippen molar-refractivity contribution in [2.45, 2.75) is 47.1 Å². The smallest absolute Gasteiger partial charge is 0.407 e. The highest BCUT2D eigenvalue weighted by atomic mass is 16.5. The molecule has 12 heteroatoms. The zero-order chi connectivity index (χ0) is 28.2. The monoisotopic (exact) mass is 518 g/mol. The minimum Gasteiger partial charge on any atom is -0.504 e. The lowest BCUT2D eigenvalue weighted by atomic mass is 9.84. The van der Waals surface area contributed by atoms with Crippen LogP contribution in [-0.4, -0.2) is 83.5 Å². The molecule has 0 aliphatic carbocycles. The molecule has 0 radical (unpaired) electrons. The minimum atomic E-state index is -0.578. The summed E-state index contributed by atoms with van der Waals surface area (Å²) in [5.74, 6) is -0.118. The van der Waals surface area contributed by atoms with E-state index >= 15 is 0 Å². The van der Waals surface area contributed by atoms with Crippen molar-refractivity contribution in [1.29, 1.82) is 5.26 Å². The third-order valence-corrected chi connectivity index (χ3v) is 5.18. The number of aromatic nitrogens is 1. The Kier molecular flexibility index (Phi) is 12.3. The third kappa shape index (κ3) is 10.7. The van der Waals surface area contributed by atoms with Crippen LogP contribution >= 0.6 is 0 Å². The molecule has 2 atom stereocenters. The minimum absolute atomic E-state index is 0.0166. The summed E-state index contributed by atoms with van der Waals surface area (Å²) in [6, 6.07) is 4.35. The Morgan fingerprint density at radius 2 is 1.95 bits per heavy atom. The fraction of sp³-hybridized carbons (Fsp3) is 0.600. The van der Waals surface area contributed by atoms with Crippen LogP contribution in [0.25, 0.3) is 0 Å². The van der Waals surface area contributed by atoms with Crippen LogP contribution in [0.5, 0.6) is 5.75 Å². The largest absolute Gasteiger partial charge is 0.504 e. The molecule has 1 aromatic heterocycles. The van der Waals surface area contributed by atoms with E-state index in [0.29, 0.717) is 6.41 Å². The lowest BCUT2D eigenvalue weighted by Gasteiger charge is -2.45. The summed E-state index contributed by atoms with van der Waals surface area (Å²) >= 11 is 0. The number of aromatic hydroxyl groups is 1. The van der Waals surface area contributed by atoms with Crippen LogP contribution in [0.3, 0.4) is 0 Å². The normalized spacial score (nSPS) is 19.1. The Morgan fingerprint density at radius 3 is 2.41 bits per heavy atom. The maximum absolute atomic E-state index is 12.0. The van der Waals surface area contributed by atoms with Gasteiger partial charge in [-0.1, -0.05) is 34.6 Å². The van der Waals surface area contributed by atoms with Gasteiger partial charge in [0, 0.05) is 25.8 Å². The fourth-order valence-electron chi connectivity index (χ4n) is 3.50. The molecular formula is C25H38N6O6. The van der Waals surface area contributed by atoms with Gasteiger partial charge in [-0.2, -0.15) is 5.26 Å². The van der Waals surface area contributed by atoms with Gasteiger partial charge in [0.25, 0.3) is 0 Å². The van der Waals surface area contributed by atoms with Crippen molar-refractivity contribution in [3.05, 3.63) is 18.3 Å². The number of likely N-dealkylation sites (tertiary alicyclic amines) is 2. The molecule has 2 unspecified atom stereocenters. The predicted octanol–water partition coefficient (Wildman–Crippen LogP) is 1.97. The molecule has 0 saturated carbocycles. The molecule has 2 saturated heterocycles. The quantitative estimate of drug-likeness (QED) is 0.498. The molecule has 2 aliphatic rings. The first-order valence-corrected chi connectivity index (χ1v) is 12.0. The van der Waals surface area contributed by atoms with Gasteiger partial charge in [-0.25, -0.2) is 9.78 Å². The van der Waals surface area contributed by atoms with E-state index in [1.165, 1.54) is 24.3 Å². The molecule has 0 bridgehead atoms. The molecule has 0 aromatic carbocycles. The number of methoxy groups -OCH3 is 1. The maximum atomic E-state index is 12.0. The van der Waals surface area contributed by atoms with Gasteiger partial charge in [0.05, 0.1) is 19.1 Å². The average Bonchev–Trinajstić information content (AvgIpc) is 3.26. The van der Waals surface area contributed by atoms with Crippen LogP contribution < -0.4 is 10.6 Å². The molecule has 1 aromatic rings. The third-order valence-electron chi connectivity index (χ3n) is 5.18. The second kappa shape index (κ2) is 14.6. The summed E-state index contributed by atoms with van der Waals surface area (Å²) in [7, 11) is 1.27. The Labute approximate surface area is 218 Å². The van der Waals surface area contributed by atoms with E-state index in [2.05, 4.69) is 55.0 Å². The number of hydrogen-bond donors (Lipinski definition) is 3. The number of carbonyl (C=O) groups is 4. The number of carbonyl (C=O) groups excluding carboxylic acids is 4. The van der Waals surface area contributed by atoms with Crippen LogP contribution in [0, 0.1) is 28.6 Å². The van der Waals surface area contributed by atoms with Crippen LogP contribution in [0.4, 0.5) is 10.6 Å². The molecular weight excluding hydrogens is 480 g/mol. The number of nitrogens with zero attached hydrogens (tertiary/aromatic N) is 4. The molecule has 37 heavy (non-hydrogen) atoms. The highest BCUT2D eigenvalue weighted by Gasteiger charge is 2.37. The lowest BCUT2D eigenvalue weighted by molar-refractivity contribution is -0.140. The number of nitriles is 1. The van der Waals surface area contributed by atoms with Gasteiger partial charge >= 0.3 is 6.09 Å². The molecule has 2 aliphatic heterocycles. The van der Waals surface area contributed by atoms with Gasteiger partial charge in [-0.3, -0.25) is 14.4 Å². The number of nitrogens with one attached hydrogen (secondary N) is 2. The number of pyridine rings is 1. The molecule has 204 valence electrons. The average molecular weight is 519 g/mol. The van der Waals surface area contributed by atoms with E-state index in [4.69, 9.17) is 5.26 Å².